The summed E-state index contributed by atoms with van der Waals surface area (Å²) >= 11 is 5.90. The summed E-state index contributed by atoms with van der Waals surface area (Å²) < 4.78 is 0. The lowest BCUT2D eigenvalue weighted by molar-refractivity contribution is 0.562. The number of benzene rings is 1. The number of nitrogens with zero attached hydrogens (tertiary/aromatic N) is 1. The largest absolute Gasteiger partial charge is 0.310 e. The fourth-order valence-electron chi connectivity index (χ4n) is 1.38. The predicted octanol–water partition coefficient (Wildman–Crippen LogP) is 3.29. The number of rotatable bonds is 5. The van der Waals surface area contributed by atoms with Gasteiger partial charge in [0, 0.05) is 17.5 Å². The lowest BCUT2D eigenvalue weighted by atomic mass is 10.1. The maximum absolute atomic E-state index is 8.39. The predicted molar refractivity (Wildman–Crippen MR) is 62.7 cm³/mol. The Kier molecular flexibility index (Phi) is 5.17. The van der Waals surface area contributed by atoms with Gasteiger partial charge < -0.3 is 5.32 Å². The highest BCUT2D eigenvalue weighted by Crippen LogP contribution is 2.17. The standard InChI is InChI=1S/C12H15ClN2/c1-10(15-8-3-2-7-14)11-5-4-6-12(13)9-11/h4-6,9-10,15H,2-3,8H2,1H3. The first kappa shape index (κ1) is 12.0. The van der Waals surface area contributed by atoms with Gasteiger partial charge in [-0.25, -0.2) is 0 Å². The molecular weight excluding hydrogens is 208 g/mol. The van der Waals surface area contributed by atoms with Crippen molar-refractivity contribution in [2.75, 3.05) is 6.54 Å². The van der Waals surface area contributed by atoms with Crippen LogP contribution >= 0.6 is 11.6 Å². The Morgan fingerprint density at radius 2 is 2.33 bits per heavy atom. The molecule has 0 bridgehead atoms. The molecule has 0 saturated heterocycles. The second-order valence-corrected chi connectivity index (χ2v) is 3.93. The third-order valence-corrected chi connectivity index (χ3v) is 2.50. The molecule has 15 heavy (non-hydrogen) atoms. The molecule has 1 rings (SSSR count). The van der Waals surface area contributed by atoms with Crippen molar-refractivity contribution < 1.29 is 0 Å². The van der Waals surface area contributed by atoms with Gasteiger partial charge in [0.25, 0.3) is 0 Å². The number of nitrogens with one attached hydrogen (secondary N) is 1. The van der Waals surface area contributed by atoms with E-state index in [4.69, 9.17) is 16.9 Å². The quantitative estimate of drug-likeness (QED) is 0.776. The highest BCUT2D eigenvalue weighted by Gasteiger charge is 2.03. The van der Waals surface area contributed by atoms with E-state index in [0.717, 1.165) is 18.0 Å². The molecule has 0 aliphatic rings. The number of hydrogen-bond donors (Lipinski definition) is 1. The first-order chi connectivity index (χ1) is 7.24. The fourth-order valence-corrected chi connectivity index (χ4v) is 1.58. The van der Waals surface area contributed by atoms with E-state index in [9.17, 15) is 0 Å². The van der Waals surface area contributed by atoms with Crippen LogP contribution in [0.25, 0.3) is 0 Å². The van der Waals surface area contributed by atoms with Crippen molar-refractivity contribution in [2.24, 2.45) is 0 Å². The molecule has 1 N–H and O–H groups in total. The Hall–Kier alpha value is -1.04. The molecule has 0 aliphatic carbocycles. The van der Waals surface area contributed by atoms with Crippen molar-refractivity contribution >= 4 is 11.6 Å². The Balaban J connectivity index is 2.40. The van der Waals surface area contributed by atoms with Gasteiger partial charge in [0.2, 0.25) is 0 Å². The molecule has 1 aromatic rings. The summed E-state index contributed by atoms with van der Waals surface area (Å²) in [6.07, 6.45) is 1.50. The van der Waals surface area contributed by atoms with E-state index in [-0.39, 0.29) is 6.04 Å². The average Bonchev–Trinajstić information content (AvgIpc) is 2.24. The lowest BCUT2D eigenvalue weighted by Gasteiger charge is -2.13. The summed E-state index contributed by atoms with van der Waals surface area (Å²) in [5, 5.41) is 12.5. The smallest absolute Gasteiger partial charge is 0.0622 e. The SMILES string of the molecule is CC(NCCCC#N)c1cccc(Cl)c1. The summed E-state index contributed by atoms with van der Waals surface area (Å²) in [7, 11) is 0. The van der Waals surface area contributed by atoms with E-state index >= 15 is 0 Å². The van der Waals surface area contributed by atoms with Crippen LogP contribution in [0, 0.1) is 11.3 Å². The molecule has 0 radical (unpaired) electrons. The maximum Gasteiger partial charge on any atom is 0.0622 e. The van der Waals surface area contributed by atoms with E-state index in [1.165, 1.54) is 5.56 Å². The summed E-state index contributed by atoms with van der Waals surface area (Å²) in [6, 6.07) is 10.2. The molecule has 1 aromatic carbocycles. The van der Waals surface area contributed by atoms with Crippen molar-refractivity contribution in [1.29, 1.82) is 5.26 Å². The number of halogens is 1. The molecule has 2 nitrogen and oxygen atoms in total. The van der Waals surface area contributed by atoms with Crippen molar-refractivity contribution in [2.45, 2.75) is 25.8 Å². The summed E-state index contributed by atoms with van der Waals surface area (Å²) in [6.45, 7) is 2.96. The molecule has 0 aromatic heterocycles. The second kappa shape index (κ2) is 6.44. The third-order valence-electron chi connectivity index (χ3n) is 2.26. The molecule has 1 unspecified atom stereocenters. The van der Waals surface area contributed by atoms with Crippen LogP contribution in [-0.2, 0) is 0 Å². The molecule has 0 aliphatic heterocycles. The Morgan fingerprint density at radius 3 is 3.00 bits per heavy atom. The third kappa shape index (κ3) is 4.33. The topological polar surface area (TPSA) is 35.8 Å². The van der Waals surface area contributed by atoms with E-state index < -0.39 is 0 Å². The molecule has 80 valence electrons. The second-order valence-electron chi connectivity index (χ2n) is 3.49. The summed E-state index contributed by atoms with van der Waals surface area (Å²) in [5.41, 5.74) is 1.18. The minimum atomic E-state index is 0.280. The number of nitriles is 1. The van der Waals surface area contributed by atoms with Crippen molar-refractivity contribution in [1.82, 2.24) is 5.32 Å². The monoisotopic (exact) mass is 222 g/mol. The van der Waals surface area contributed by atoms with Gasteiger partial charge in [-0.15, -0.1) is 0 Å². The van der Waals surface area contributed by atoms with E-state index in [1.807, 2.05) is 24.3 Å². The molecule has 0 amide bonds. The van der Waals surface area contributed by atoms with Gasteiger partial charge in [-0.3, -0.25) is 0 Å². The van der Waals surface area contributed by atoms with Gasteiger partial charge in [0.15, 0.2) is 0 Å². The van der Waals surface area contributed by atoms with Crippen LogP contribution in [0.5, 0.6) is 0 Å². The summed E-state index contributed by atoms with van der Waals surface area (Å²) in [5.74, 6) is 0. The first-order valence-corrected chi connectivity index (χ1v) is 5.47. The Labute approximate surface area is 95.9 Å². The van der Waals surface area contributed by atoms with Gasteiger partial charge in [-0.1, -0.05) is 23.7 Å². The highest BCUT2D eigenvalue weighted by atomic mass is 35.5. The van der Waals surface area contributed by atoms with Crippen LogP contribution in [-0.4, -0.2) is 6.54 Å². The molecule has 0 heterocycles. The van der Waals surface area contributed by atoms with Crippen LogP contribution in [0.15, 0.2) is 24.3 Å². The lowest BCUT2D eigenvalue weighted by Crippen LogP contribution is -2.19. The number of unbranched alkanes of at least 4 members (excludes halogenated alkanes) is 1. The molecule has 0 fully saturated rings. The van der Waals surface area contributed by atoms with E-state index in [2.05, 4.69) is 18.3 Å². The van der Waals surface area contributed by atoms with Gasteiger partial charge in [-0.2, -0.15) is 5.26 Å². The van der Waals surface area contributed by atoms with Gasteiger partial charge in [0.05, 0.1) is 6.07 Å². The molecule has 3 heteroatoms. The van der Waals surface area contributed by atoms with Crippen LogP contribution in [0.1, 0.15) is 31.4 Å². The minimum Gasteiger partial charge on any atom is -0.310 e. The van der Waals surface area contributed by atoms with Crippen molar-refractivity contribution in [3.63, 3.8) is 0 Å². The Bertz CT molecular complexity index is 344. The van der Waals surface area contributed by atoms with Crippen LogP contribution in [0.2, 0.25) is 5.02 Å². The zero-order valence-corrected chi connectivity index (χ0v) is 9.59. The summed E-state index contributed by atoms with van der Waals surface area (Å²) in [4.78, 5) is 0. The van der Waals surface area contributed by atoms with Crippen molar-refractivity contribution in [3.8, 4) is 6.07 Å². The van der Waals surface area contributed by atoms with Crippen LogP contribution in [0.4, 0.5) is 0 Å². The van der Waals surface area contributed by atoms with E-state index in [1.54, 1.807) is 0 Å². The van der Waals surface area contributed by atoms with Crippen LogP contribution < -0.4 is 5.32 Å². The molecular formula is C12H15ClN2. The first-order valence-electron chi connectivity index (χ1n) is 5.10. The van der Waals surface area contributed by atoms with Crippen molar-refractivity contribution in [3.05, 3.63) is 34.9 Å². The normalized spacial score (nSPS) is 12.1. The maximum atomic E-state index is 8.39. The zero-order chi connectivity index (χ0) is 11.1. The molecule has 0 spiro atoms. The van der Waals surface area contributed by atoms with Gasteiger partial charge >= 0.3 is 0 Å². The zero-order valence-electron chi connectivity index (χ0n) is 8.83. The number of hydrogen-bond acceptors (Lipinski definition) is 2. The van der Waals surface area contributed by atoms with Gasteiger partial charge in [0.1, 0.15) is 0 Å². The highest BCUT2D eigenvalue weighted by molar-refractivity contribution is 6.30. The Morgan fingerprint density at radius 1 is 1.53 bits per heavy atom. The average molecular weight is 223 g/mol. The minimum absolute atomic E-state index is 0.280. The van der Waals surface area contributed by atoms with E-state index in [0.29, 0.717) is 6.42 Å². The molecule has 1 atom stereocenters. The van der Waals surface area contributed by atoms with Crippen LogP contribution in [0.3, 0.4) is 0 Å². The fraction of sp³-hybridized carbons (Fsp3) is 0.417. The molecule has 0 saturated carbocycles. The van der Waals surface area contributed by atoms with Gasteiger partial charge in [-0.05, 0) is 37.6 Å².